The summed E-state index contributed by atoms with van der Waals surface area (Å²) in [6.07, 6.45) is -0.0212. The Morgan fingerprint density at radius 1 is 1.42 bits per heavy atom. The number of hydrogen-bond acceptors (Lipinski definition) is 4. The third kappa shape index (κ3) is 3.22. The van der Waals surface area contributed by atoms with E-state index in [-0.39, 0.29) is 5.41 Å². The van der Waals surface area contributed by atoms with Crippen LogP contribution in [0.25, 0.3) is 0 Å². The molecular formula is C14H21N3OS. The molecule has 1 unspecified atom stereocenters. The highest BCUT2D eigenvalue weighted by atomic mass is 32.1. The highest BCUT2D eigenvalue weighted by Crippen LogP contribution is 2.28. The van der Waals surface area contributed by atoms with Gasteiger partial charge in [-0.15, -0.1) is 11.3 Å². The van der Waals surface area contributed by atoms with Crippen molar-refractivity contribution in [1.29, 1.82) is 0 Å². The average Bonchev–Trinajstić information content (AvgIpc) is 2.85. The normalized spacial score (nSPS) is 13.8. The average molecular weight is 279 g/mol. The van der Waals surface area contributed by atoms with Gasteiger partial charge in [0.1, 0.15) is 6.10 Å². The summed E-state index contributed by atoms with van der Waals surface area (Å²) in [5.41, 5.74) is 2.79. The molecule has 0 saturated carbocycles. The molecule has 0 aliphatic heterocycles. The Labute approximate surface area is 118 Å². The van der Waals surface area contributed by atoms with Crippen LogP contribution in [0, 0.1) is 6.92 Å². The van der Waals surface area contributed by atoms with Crippen molar-refractivity contribution in [3.63, 3.8) is 0 Å². The van der Waals surface area contributed by atoms with Gasteiger partial charge in [-0.3, -0.25) is 4.68 Å². The molecule has 0 aliphatic rings. The van der Waals surface area contributed by atoms with Crippen LogP contribution in [0.5, 0.6) is 0 Å². The van der Waals surface area contributed by atoms with Gasteiger partial charge in [-0.25, -0.2) is 4.98 Å². The molecule has 19 heavy (non-hydrogen) atoms. The van der Waals surface area contributed by atoms with Gasteiger partial charge in [0.15, 0.2) is 0 Å². The zero-order valence-electron chi connectivity index (χ0n) is 12.1. The van der Waals surface area contributed by atoms with Crippen LogP contribution in [0.1, 0.15) is 49.0 Å². The number of aryl methyl sites for hydroxylation is 2. The van der Waals surface area contributed by atoms with Crippen LogP contribution < -0.4 is 0 Å². The van der Waals surface area contributed by atoms with Crippen molar-refractivity contribution < 1.29 is 5.11 Å². The minimum absolute atomic E-state index is 0.0335. The van der Waals surface area contributed by atoms with Crippen LogP contribution in [0.15, 0.2) is 11.4 Å². The molecule has 2 aromatic heterocycles. The predicted molar refractivity (Wildman–Crippen MR) is 77.4 cm³/mol. The molecule has 5 heteroatoms. The van der Waals surface area contributed by atoms with Crippen molar-refractivity contribution in [2.24, 2.45) is 7.05 Å². The zero-order valence-corrected chi connectivity index (χ0v) is 13.0. The Kier molecular flexibility index (Phi) is 3.78. The summed E-state index contributed by atoms with van der Waals surface area (Å²) in [6, 6.07) is 2.00. The van der Waals surface area contributed by atoms with Crippen LogP contribution in [0.3, 0.4) is 0 Å². The van der Waals surface area contributed by atoms with E-state index in [0.717, 1.165) is 22.1 Å². The quantitative estimate of drug-likeness (QED) is 0.940. The van der Waals surface area contributed by atoms with E-state index in [9.17, 15) is 5.11 Å². The molecule has 1 N–H and O–H groups in total. The van der Waals surface area contributed by atoms with E-state index in [1.54, 1.807) is 11.3 Å². The van der Waals surface area contributed by atoms with E-state index in [1.807, 2.05) is 30.1 Å². The van der Waals surface area contributed by atoms with Crippen molar-refractivity contribution in [2.45, 2.75) is 45.6 Å². The lowest BCUT2D eigenvalue weighted by molar-refractivity contribution is 0.171. The molecule has 2 aromatic rings. The van der Waals surface area contributed by atoms with E-state index in [1.165, 1.54) is 0 Å². The maximum Gasteiger partial charge on any atom is 0.102 e. The van der Waals surface area contributed by atoms with E-state index < -0.39 is 6.10 Å². The third-order valence-corrected chi connectivity index (χ3v) is 4.29. The van der Waals surface area contributed by atoms with Crippen molar-refractivity contribution >= 4 is 11.3 Å². The van der Waals surface area contributed by atoms with Gasteiger partial charge in [0.25, 0.3) is 0 Å². The number of hydrogen-bond donors (Lipinski definition) is 1. The molecule has 0 amide bonds. The molecule has 104 valence electrons. The summed E-state index contributed by atoms with van der Waals surface area (Å²) in [5.74, 6) is 0. The standard InChI is InChI=1S/C14H21N3OS/c1-9-6-10(17(5)16-9)7-12(18)11-8-19-13(15-11)14(2,3)4/h6,8,12,18H,7H2,1-5H3. The van der Waals surface area contributed by atoms with Gasteiger partial charge in [0, 0.05) is 30.0 Å². The predicted octanol–water partition coefficient (Wildman–Crippen LogP) is 2.76. The highest BCUT2D eigenvalue weighted by Gasteiger charge is 2.21. The van der Waals surface area contributed by atoms with Gasteiger partial charge < -0.3 is 5.11 Å². The first kappa shape index (κ1) is 14.2. The number of aromatic nitrogens is 3. The number of rotatable bonds is 3. The fraction of sp³-hybridized carbons (Fsp3) is 0.571. The molecule has 0 spiro atoms. The van der Waals surface area contributed by atoms with Crippen molar-refractivity contribution in [3.8, 4) is 0 Å². The number of thiazole rings is 1. The van der Waals surface area contributed by atoms with Gasteiger partial charge in [-0.1, -0.05) is 20.8 Å². The second-order valence-electron chi connectivity index (χ2n) is 5.95. The number of nitrogens with zero attached hydrogens (tertiary/aromatic N) is 3. The Morgan fingerprint density at radius 3 is 2.58 bits per heavy atom. The van der Waals surface area contributed by atoms with Crippen molar-refractivity contribution in [3.05, 3.63) is 33.5 Å². The van der Waals surface area contributed by atoms with Gasteiger partial charge in [-0.05, 0) is 13.0 Å². The lowest BCUT2D eigenvalue weighted by atomic mass is 9.98. The Morgan fingerprint density at radius 2 is 2.11 bits per heavy atom. The SMILES string of the molecule is Cc1cc(CC(O)c2csc(C(C)(C)C)n2)n(C)n1. The second kappa shape index (κ2) is 5.06. The summed E-state index contributed by atoms with van der Waals surface area (Å²) < 4.78 is 1.82. The summed E-state index contributed by atoms with van der Waals surface area (Å²) >= 11 is 1.61. The first-order chi connectivity index (χ1) is 8.77. The highest BCUT2D eigenvalue weighted by molar-refractivity contribution is 7.09. The zero-order chi connectivity index (χ0) is 14.2. The fourth-order valence-electron chi connectivity index (χ4n) is 1.94. The molecule has 2 rings (SSSR count). The molecule has 0 bridgehead atoms. The first-order valence-electron chi connectivity index (χ1n) is 6.41. The number of aliphatic hydroxyl groups is 1. The fourth-order valence-corrected chi connectivity index (χ4v) is 2.90. The lowest BCUT2D eigenvalue weighted by Gasteiger charge is -2.14. The molecule has 2 heterocycles. The van der Waals surface area contributed by atoms with E-state index in [2.05, 4.69) is 30.9 Å². The van der Waals surface area contributed by atoms with Crippen molar-refractivity contribution in [1.82, 2.24) is 14.8 Å². The number of aliphatic hydroxyl groups excluding tert-OH is 1. The van der Waals surface area contributed by atoms with E-state index in [4.69, 9.17) is 0 Å². The van der Waals surface area contributed by atoms with Gasteiger partial charge >= 0.3 is 0 Å². The maximum atomic E-state index is 10.3. The second-order valence-corrected chi connectivity index (χ2v) is 6.81. The van der Waals surface area contributed by atoms with Crippen LogP contribution in [0.2, 0.25) is 0 Å². The van der Waals surface area contributed by atoms with E-state index in [0.29, 0.717) is 6.42 Å². The summed E-state index contributed by atoms with van der Waals surface area (Å²) in [6.45, 7) is 8.35. The Balaban J connectivity index is 2.14. The third-order valence-electron chi connectivity index (χ3n) is 3.01. The topological polar surface area (TPSA) is 50.9 Å². The Bertz CT molecular complexity index is 565. The first-order valence-corrected chi connectivity index (χ1v) is 7.29. The molecule has 4 nitrogen and oxygen atoms in total. The Hall–Kier alpha value is -1.20. The van der Waals surface area contributed by atoms with Gasteiger partial charge in [-0.2, -0.15) is 5.10 Å². The molecule has 0 fully saturated rings. The largest absolute Gasteiger partial charge is 0.386 e. The van der Waals surface area contributed by atoms with Crippen LogP contribution in [-0.4, -0.2) is 19.9 Å². The summed E-state index contributed by atoms with van der Waals surface area (Å²) in [7, 11) is 1.90. The van der Waals surface area contributed by atoms with Crippen molar-refractivity contribution in [2.75, 3.05) is 0 Å². The monoisotopic (exact) mass is 279 g/mol. The van der Waals surface area contributed by atoms with Gasteiger partial charge in [0.2, 0.25) is 0 Å². The molecule has 1 atom stereocenters. The molecular weight excluding hydrogens is 258 g/mol. The minimum Gasteiger partial charge on any atom is -0.386 e. The molecule has 0 aromatic carbocycles. The minimum atomic E-state index is -0.567. The van der Waals surface area contributed by atoms with Crippen LogP contribution >= 0.6 is 11.3 Å². The molecule has 0 saturated heterocycles. The maximum absolute atomic E-state index is 10.3. The molecule has 0 radical (unpaired) electrons. The summed E-state index contributed by atoms with van der Waals surface area (Å²) in [4.78, 5) is 4.55. The van der Waals surface area contributed by atoms with Crippen LogP contribution in [-0.2, 0) is 18.9 Å². The van der Waals surface area contributed by atoms with Crippen LogP contribution in [0.4, 0.5) is 0 Å². The van der Waals surface area contributed by atoms with Gasteiger partial charge in [0.05, 0.1) is 16.4 Å². The van der Waals surface area contributed by atoms with E-state index >= 15 is 0 Å². The molecule has 0 aliphatic carbocycles. The smallest absolute Gasteiger partial charge is 0.102 e. The lowest BCUT2D eigenvalue weighted by Crippen LogP contribution is -2.12. The summed E-state index contributed by atoms with van der Waals surface area (Å²) in [5, 5.41) is 17.6.